The third-order valence-electron chi connectivity index (χ3n) is 3.44. The molecule has 0 aliphatic heterocycles. The fourth-order valence-electron chi connectivity index (χ4n) is 2.26. The van der Waals surface area contributed by atoms with Gasteiger partial charge in [-0.1, -0.05) is 53.7 Å². The topological polar surface area (TPSA) is 55.8 Å². The van der Waals surface area contributed by atoms with Crippen LogP contribution in [0, 0.1) is 11.8 Å². The van der Waals surface area contributed by atoms with Crippen molar-refractivity contribution in [2.24, 2.45) is 11.8 Å². The summed E-state index contributed by atoms with van der Waals surface area (Å²) in [6.07, 6.45) is 3.98. The second-order valence-corrected chi connectivity index (χ2v) is 6.22. The first-order valence-electron chi connectivity index (χ1n) is 7.23. The van der Waals surface area contributed by atoms with Crippen LogP contribution in [0.25, 0.3) is 0 Å². The molecule has 0 radical (unpaired) electrons. The maximum Gasteiger partial charge on any atom is 0.373 e. The van der Waals surface area contributed by atoms with E-state index in [2.05, 4.69) is 34.3 Å². The summed E-state index contributed by atoms with van der Waals surface area (Å²) in [7, 11) is 2.74. The van der Waals surface area contributed by atoms with E-state index in [1.807, 2.05) is 30.9 Å². The number of allylic oxidation sites excluding steroid dienone is 3. The molecule has 0 unspecified atom stereocenters. The average Bonchev–Trinajstić information content (AvgIpc) is 2.50. The zero-order chi connectivity index (χ0) is 17.3. The monoisotopic (exact) mass is 422 g/mol. The number of aliphatic hydroxyl groups excluding tert-OH is 1. The number of carbonyl (C=O) groups is 1. The summed E-state index contributed by atoms with van der Waals surface area (Å²) in [5.74, 6) is -0.227. The number of rotatable bonds is 8. The predicted octanol–water partition coefficient (Wildman–Crippen LogP) is 4.00. The lowest BCUT2D eigenvalue weighted by Gasteiger charge is -2.23. The molecule has 0 amide bonds. The lowest BCUT2D eigenvalue weighted by molar-refractivity contribution is -0.139. The van der Waals surface area contributed by atoms with Gasteiger partial charge in [-0.3, -0.25) is 0 Å². The van der Waals surface area contributed by atoms with Gasteiger partial charge in [0.1, 0.15) is 0 Å². The highest BCUT2D eigenvalue weighted by Crippen LogP contribution is 2.23. The Bertz CT molecular complexity index is 452. The fourth-order valence-corrected chi connectivity index (χ4v) is 2.52. The average molecular weight is 422 g/mol. The van der Waals surface area contributed by atoms with E-state index in [0.29, 0.717) is 0 Å². The van der Waals surface area contributed by atoms with E-state index in [9.17, 15) is 9.90 Å². The number of ether oxygens (including phenoxy) is 2. The minimum Gasteiger partial charge on any atom is -0.490 e. The molecule has 0 spiro atoms. The van der Waals surface area contributed by atoms with Gasteiger partial charge in [0, 0.05) is 5.92 Å². The van der Waals surface area contributed by atoms with Crippen molar-refractivity contribution in [2.75, 3.05) is 14.2 Å². The summed E-state index contributed by atoms with van der Waals surface area (Å²) in [5.41, 5.74) is 2.11. The molecule has 0 aromatic heterocycles. The highest BCUT2D eigenvalue weighted by molar-refractivity contribution is 14.1. The molecule has 0 saturated heterocycles. The third-order valence-corrected chi connectivity index (χ3v) is 4.51. The van der Waals surface area contributed by atoms with Crippen LogP contribution in [0.5, 0.6) is 0 Å². The van der Waals surface area contributed by atoms with E-state index in [-0.39, 0.29) is 17.6 Å². The fraction of sp³-hybridized carbons (Fsp3) is 0.588. The number of hydrogen-bond acceptors (Lipinski definition) is 4. The Morgan fingerprint density at radius 1 is 1.23 bits per heavy atom. The summed E-state index contributed by atoms with van der Waals surface area (Å²) in [6, 6.07) is 0. The van der Waals surface area contributed by atoms with E-state index in [1.165, 1.54) is 19.8 Å². The van der Waals surface area contributed by atoms with Crippen molar-refractivity contribution in [1.29, 1.82) is 0 Å². The smallest absolute Gasteiger partial charge is 0.373 e. The van der Waals surface area contributed by atoms with Gasteiger partial charge in [-0.15, -0.1) is 0 Å². The van der Waals surface area contributed by atoms with Crippen LogP contribution in [-0.4, -0.2) is 31.4 Å². The molecular formula is C17H27IO4. The summed E-state index contributed by atoms with van der Waals surface area (Å²) in [5, 5.41) is 10.4. The highest BCUT2D eigenvalue weighted by atomic mass is 127. The molecule has 4 nitrogen and oxygen atoms in total. The first-order chi connectivity index (χ1) is 10.3. The SMILES string of the molecule is COC(=O)/C(=C/C(C)=C/[C@@H](C)[C@@H](O)[C@@H](C)C/C(C)=C/I)OC. The minimum atomic E-state index is -0.514. The van der Waals surface area contributed by atoms with Crippen molar-refractivity contribution < 1.29 is 19.4 Å². The van der Waals surface area contributed by atoms with Gasteiger partial charge < -0.3 is 14.6 Å². The Morgan fingerprint density at radius 3 is 2.27 bits per heavy atom. The van der Waals surface area contributed by atoms with Gasteiger partial charge in [0.05, 0.1) is 20.3 Å². The Kier molecular flexibility index (Phi) is 10.4. The van der Waals surface area contributed by atoms with Crippen molar-refractivity contribution in [2.45, 2.75) is 40.2 Å². The quantitative estimate of drug-likeness (QED) is 0.211. The number of aliphatic hydroxyl groups is 1. The molecule has 0 heterocycles. The molecule has 3 atom stereocenters. The van der Waals surface area contributed by atoms with E-state index in [0.717, 1.165) is 12.0 Å². The van der Waals surface area contributed by atoms with Crippen LogP contribution in [0.4, 0.5) is 0 Å². The van der Waals surface area contributed by atoms with Crippen LogP contribution in [0.1, 0.15) is 34.1 Å². The molecule has 22 heavy (non-hydrogen) atoms. The maximum atomic E-state index is 11.5. The van der Waals surface area contributed by atoms with Gasteiger partial charge >= 0.3 is 5.97 Å². The van der Waals surface area contributed by atoms with Gasteiger partial charge in [0.25, 0.3) is 0 Å². The van der Waals surface area contributed by atoms with Gasteiger partial charge in [-0.25, -0.2) is 4.79 Å². The molecule has 0 aliphatic rings. The molecule has 126 valence electrons. The second-order valence-electron chi connectivity index (χ2n) is 5.60. The van der Waals surface area contributed by atoms with E-state index < -0.39 is 12.1 Å². The van der Waals surface area contributed by atoms with Crippen molar-refractivity contribution in [3.8, 4) is 0 Å². The Balaban J connectivity index is 4.95. The Labute approximate surface area is 147 Å². The highest BCUT2D eigenvalue weighted by Gasteiger charge is 2.20. The van der Waals surface area contributed by atoms with Crippen LogP contribution < -0.4 is 0 Å². The molecule has 5 heteroatoms. The number of carbonyl (C=O) groups excluding carboxylic acids is 1. The van der Waals surface area contributed by atoms with Crippen molar-refractivity contribution in [3.63, 3.8) is 0 Å². The number of methoxy groups -OCH3 is 2. The molecule has 0 aromatic carbocycles. The summed E-state index contributed by atoms with van der Waals surface area (Å²) < 4.78 is 11.7. The van der Waals surface area contributed by atoms with Crippen LogP contribution in [0.3, 0.4) is 0 Å². The van der Waals surface area contributed by atoms with Crippen LogP contribution in [0.15, 0.2) is 33.1 Å². The molecule has 0 fully saturated rings. The number of esters is 1. The van der Waals surface area contributed by atoms with Crippen molar-refractivity contribution >= 4 is 28.6 Å². The van der Waals surface area contributed by atoms with E-state index in [1.54, 1.807) is 6.08 Å². The lowest BCUT2D eigenvalue weighted by atomic mass is 9.88. The van der Waals surface area contributed by atoms with Gasteiger partial charge in [0.15, 0.2) is 0 Å². The predicted molar refractivity (Wildman–Crippen MR) is 97.6 cm³/mol. The van der Waals surface area contributed by atoms with E-state index >= 15 is 0 Å². The Morgan fingerprint density at radius 2 is 1.82 bits per heavy atom. The third kappa shape index (κ3) is 7.45. The van der Waals surface area contributed by atoms with Crippen molar-refractivity contribution in [3.05, 3.63) is 33.1 Å². The Hall–Kier alpha value is -0.820. The van der Waals surface area contributed by atoms with Gasteiger partial charge in [0.2, 0.25) is 5.76 Å². The van der Waals surface area contributed by atoms with Crippen molar-refractivity contribution in [1.82, 2.24) is 0 Å². The van der Waals surface area contributed by atoms with Crippen LogP contribution in [-0.2, 0) is 14.3 Å². The van der Waals surface area contributed by atoms with E-state index in [4.69, 9.17) is 4.74 Å². The summed E-state index contributed by atoms with van der Waals surface area (Å²) in [6.45, 7) is 7.93. The zero-order valence-electron chi connectivity index (χ0n) is 14.2. The molecular weight excluding hydrogens is 395 g/mol. The standard InChI is InChI=1S/C17H27IO4/c1-11(9-15(21-5)17(20)22-6)7-13(3)16(19)14(4)8-12(2)10-18/h7,9-10,13-14,16,19H,8H2,1-6H3/b11-7+,12-10+,15-9-/t13-,14+,16-/m1/s1. The molecule has 0 bridgehead atoms. The molecule has 0 rings (SSSR count). The van der Waals surface area contributed by atoms with Gasteiger partial charge in [-0.05, 0) is 36.3 Å². The second kappa shape index (κ2) is 10.8. The zero-order valence-corrected chi connectivity index (χ0v) is 16.4. The number of halogens is 1. The van der Waals surface area contributed by atoms with Crippen LogP contribution >= 0.6 is 22.6 Å². The number of hydrogen-bond donors (Lipinski definition) is 1. The molecule has 0 aromatic rings. The van der Waals surface area contributed by atoms with Crippen LogP contribution in [0.2, 0.25) is 0 Å². The minimum absolute atomic E-state index is 0.0241. The first kappa shape index (κ1) is 21.2. The largest absolute Gasteiger partial charge is 0.490 e. The molecule has 1 N–H and O–H groups in total. The lowest BCUT2D eigenvalue weighted by Crippen LogP contribution is -2.24. The first-order valence-corrected chi connectivity index (χ1v) is 8.47. The maximum absolute atomic E-state index is 11.5. The van der Waals surface area contributed by atoms with Gasteiger partial charge in [-0.2, -0.15) is 0 Å². The normalized spacial score (nSPS) is 17.7. The summed E-state index contributed by atoms with van der Waals surface area (Å²) >= 11 is 2.21. The molecule has 0 aliphatic carbocycles. The molecule has 0 saturated carbocycles. The summed E-state index contributed by atoms with van der Waals surface area (Å²) in [4.78, 5) is 11.5.